The van der Waals surface area contributed by atoms with Crippen LogP contribution in [0.25, 0.3) is 5.69 Å². The minimum atomic E-state index is -0.158. The molecule has 3 N–H and O–H groups in total. The van der Waals surface area contributed by atoms with Crippen molar-refractivity contribution in [2.45, 2.75) is 37.5 Å². The summed E-state index contributed by atoms with van der Waals surface area (Å²) in [4.78, 5) is 17.9. The van der Waals surface area contributed by atoms with E-state index in [-0.39, 0.29) is 11.9 Å². The molecule has 3 aromatic rings. The molecular weight excluding hydrogens is 398 g/mol. The largest absolute Gasteiger partial charge is 0.348 e. The van der Waals surface area contributed by atoms with Crippen molar-refractivity contribution in [3.63, 3.8) is 0 Å². The maximum Gasteiger partial charge on any atom is 0.273 e. The fraction of sp³-hybridized carbons (Fsp3) is 0.381. The predicted octanol–water partition coefficient (Wildman–Crippen LogP) is 2.09. The molecule has 2 aliphatic heterocycles. The van der Waals surface area contributed by atoms with Crippen molar-refractivity contribution in [1.29, 1.82) is 0 Å². The van der Waals surface area contributed by atoms with Crippen LogP contribution in [0.1, 0.15) is 40.7 Å². The van der Waals surface area contributed by atoms with E-state index in [0.29, 0.717) is 17.9 Å². The average Bonchev–Trinajstić information content (AvgIpc) is 3.56. The van der Waals surface area contributed by atoms with Crippen LogP contribution in [0.5, 0.6) is 0 Å². The number of nitrogens with one attached hydrogen (secondary N) is 3. The smallest absolute Gasteiger partial charge is 0.273 e. The zero-order valence-corrected chi connectivity index (χ0v) is 17.4. The van der Waals surface area contributed by atoms with Gasteiger partial charge in [-0.3, -0.25) is 9.69 Å². The summed E-state index contributed by atoms with van der Waals surface area (Å²) >= 11 is 1.79. The van der Waals surface area contributed by atoms with Crippen molar-refractivity contribution >= 4 is 17.2 Å². The van der Waals surface area contributed by atoms with Gasteiger partial charge < -0.3 is 5.32 Å². The molecule has 0 spiro atoms. The Balaban J connectivity index is 1.12. The zero-order chi connectivity index (χ0) is 20.3. The summed E-state index contributed by atoms with van der Waals surface area (Å²) in [5.74, 6) is -0.158. The zero-order valence-electron chi connectivity index (χ0n) is 16.6. The van der Waals surface area contributed by atoms with Crippen LogP contribution in [0, 0.1) is 0 Å². The SMILES string of the molecule is O=C(NC1CCN(C2CC(c3cccs3)NN2)CC1)c1cnn(-c2ccccc2)n1. The van der Waals surface area contributed by atoms with E-state index < -0.39 is 0 Å². The third-order valence-corrected chi connectivity index (χ3v) is 6.77. The molecule has 9 heteroatoms. The number of amides is 1. The molecule has 0 radical (unpaired) electrons. The van der Waals surface area contributed by atoms with Crippen LogP contribution in [0.3, 0.4) is 0 Å². The highest BCUT2D eigenvalue weighted by Gasteiger charge is 2.32. The first-order valence-corrected chi connectivity index (χ1v) is 11.2. The Hall–Kier alpha value is -2.59. The number of piperidine rings is 1. The number of hydrazine groups is 1. The first-order chi connectivity index (χ1) is 14.8. The molecule has 0 aliphatic carbocycles. The first kappa shape index (κ1) is 19.4. The van der Waals surface area contributed by atoms with E-state index in [1.807, 2.05) is 30.3 Å². The van der Waals surface area contributed by atoms with Crippen LogP contribution in [0.15, 0.2) is 54.0 Å². The lowest BCUT2D eigenvalue weighted by atomic mass is 10.0. The highest BCUT2D eigenvalue weighted by molar-refractivity contribution is 7.10. The molecule has 2 unspecified atom stereocenters. The van der Waals surface area contributed by atoms with Gasteiger partial charge in [0.15, 0.2) is 5.69 Å². The molecular formula is C21H25N7OS. The number of likely N-dealkylation sites (tertiary alicyclic amines) is 1. The van der Waals surface area contributed by atoms with E-state index in [1.165, 1.54) is 15.9 Å². The van der Waals surface area contributed by atoms with Crippen LogP contribution >= 0.6 is 11.3 Å². The van der Waals surface area contributed by atoms with Gasteiger partial charge in [-0.2, -0.15) is 9.90 Å². The molecule has 1 aromatic carbocycles. The van der Waals surface area contributed by atoms with E-state index in [2.05, 4.69) is 48.8 Å². The van der Waals surface area contributed by atoms with Crippen LogP contribution in [-0.2, 0) is 0 Å². The summed E-state index contributed by atoms with van der Waals surface area (Å²) in [6.45, 7) is 1.91. The molecule has 2 aliphatic rings. The number of thiophene rings is 1. The summed E-state index contributed by atoms with van der Waals surface area (Å²) in [6.07, 6.45) is 4.77. The van der Waals surface area contributed by atoms with Gasteiger partial charge in [0.1, 0.15) is 0 Å². The number of nitrogens with zero attached hydrogens (tertiary/aromatic N) is 4. The van der Waals surface area contributed by atoms with E-state index in [9.17, 15) is 4.79 Å². The van der Waals surface area contributed by atoms with Gasteiger partial charge in [-0.15, -0.1) is 16.4 Å². The maximum absolute atomic E-state index is 12.6. The number of hydrogen-bond acceptors (Lipinski definition) is 7. The minimum Gasteiger partial charge on any atom is -0.348 e. The van der Waals surface area contributed by atoms with Crippen LogP contribution in [0.2, 0.25) is 0 Å². The molecule has 2 aromatic heterocycles. The number of aromatic nitrogens is 3. The highest BCUT2D eigenvalue weighted by Crippen LogP contribution is 2.28. The number of carbonyl (C=O) groups excluding carboxylic acids is 1. The monoisotopic (exact) mass is 423 g/mol. The molecule has 4 heterocycles. The van der Waals surface area contributed by atoms with Gasteiger partial charge in [0.2, 0.25) is 0 Å². The quantitative estimate of drug-likeness (QED) is 0.583. The van der Waals surface area contributed by atoms with E-state index in [1.54, 1.807) is 11.3 Å². The third kappa shape index (κ3) is 4.15. The van der Waals surface area contributed by atoms with Gasteiger partial charge in [-0.05, 0) is 42.8 Å². The van der Waals surface area contributed by atoms with Crippen LogP contribution in [-0.4, -0.2) is 51.1 Å². The van der Waals surface area contributed by atoms with Crippen molar-refractivity contribution in [2.24, 2.45) is 0 Å². The van der Waals surface area contributed by atoms with Crippen LogP contribution < -0.4 is 16.2 Å². The summed E-state index contributed by atoms with van der Waals surface area (Å²) in [6, 6.07) is 14.4. The maximum atomic E-state index is 12.6. The van der Waals surface area contributed by atoms with Gasteiger partial charge in [-0.25, -0.2) is 10.9 Å². The molecule has 1 amide bonds. The van der Waals surface area contributed by atoms with E-state index in [0.717, 1.165) is 38.0 Å². The predicted molar refractivity (Wildman–Crippen MR) is 115 cm³/mol. The Morgan fingerprint density at radius 1 is 1.10 bits per heavy atom. The Bertz CT molecular complexity index is 966. The molecule has 2 atom stereocenters. The molecule has 156 valence electrons. The summed E-state index contributed by atoms with van der Waals surface area (Å²) < 4.78 is 0. The lowest BCUT2D eigenvalue weighted by Crippen LogP contribution is -2.51. The van der Waals surface area contributed by atoms with Crippen molar-refractivity contribution in [2.75, 3.05) is 13.1 Å². The second-order valence-corrected chi connectivity index (χ2v) is 8.73. The van der Waals surface area contributed by atoms with E-state index in [4.69, 9.17) is 0 Å². The number of benzene rings is 1. The van der Waals surface area contributed by atoms with E-state index >= 15 is 0 Å². The number of hydrogen-bond donors (Lipinski definition) is 3. The average molecular weight is 424 g/mol. The number of para-hydroxylation sites is 1. The fourth-order valence-corrected chi connectivity index (χ4v) is 4.91. The molecule has 5 rings (SSSR count). The van der Waals surface area contributed by atoms with Crippen molar-refractivity contribution in [3.05, 3.63) is 64.6 Å². The highest BCUT2D eigenvalue weighted by atomic mass is 32.1. The third-order valence-electron chi connectivity index (χ3n) is 5.79. The fourth-order valence-electron chi connectivity index (χ4n) is 4.12. The lowest BCUT2D eigenvalue weighted by molar-refractivity contribution is 0.0875. The summed E-state index contributed by atoms with van der Waals surface area (Å²) in [7, 11) is 0. The molecule has 0 bridgehead atoms. The second-order valence-electron chi connectivity index (χ2n) is 7.75. The topological polar surface area (TPSA) is 87.1 Å². The molecule has 0 saturated carbocycles. The van der Waals surface area contributed by atoms with Gasteiger partial charge in [0, 0.05) is 24.0 Å². The summed E-state index contributed by atoms with van der Waals surface area (Å²) in [5.41, 5.74) is 8.04. The van der Waals surface area contributed by atoms with Gasteiger partial charge >= 0.3 is 0 Å². The Morgan fingerprint density at radius 3 is 2.70 bits per heavy atom. The van der Waals surface area contributed by atoms with Crippen molar-refractivity contribution < 1.29 is 4.79 Å². The van der Waals surface area contributed by atoms with Gasteiger partial charge in [0.25, 0.3) is 5.91 Å². The molecule has 2 saturated heterocycles. The number of rotatable bonds is 5. The minimum absolute atomic E-state index is 0.158. The first-order valence-electron chi connectivity index (χ1n) is 10.3. The second kappa shape index (κ2) is 8.65. The van der Waals surface area contributed by atoms with Crippen molar-refractivity contribution in [1.82, 2.24) is 36.1 Å². The van der Waals surface area contributed by atoms with Crippen LogP contribution in [0.4, 0.5) is 0 Å². The van der Waals surface area contributed by atoms with Gasteiger partial charge in [0.05, 0.1) is 24.1 Å². The molecule has 2 fully saturated rings. The Kier molecular flexibility index (Phi) is 5.58. The summed E-state index contributed by atoms with van der Waals surface area (Å²) in [5, 5.41) is 13.8. The lowest BCUT2D eigenvalue weighted by Gasteiger charge is -2.35. The standard InChI is InChI=1S/C21H25N7OS/c29-21(18-14-22-28(26-18)16-5-2-1-3-6-16)23-15-8-10-27(11-9-15)20-13-17(24-25-20)19-7-4-12-30-19/h1-7,12,14-15,17,20,24-25H,8-11,13H2,(H,23,29). The van der Waals surface area contributed by atoms with Gasteiger partial charge in [-0.1, -0.05) is 24.3 Å². The Morgan fingerprint density at radius 2 is 1.93 bits per heavy atom. The number of carbonyl (C=O) groups is 1. The van der Waals surface area contributed by atoms with Crippen molar-refractivity contribution in [3.8, 4) is 5.69 Å². The molecule has 8 nitrogen and oxygen atoms in total. The Labute approximate surface area is 179 Å². The normalized spacial score (nSPS) is 22.9. The molecule has 30 heavy (non-hydrogen) atoms.